The Balaban J connectivity index is 1.21. The molecule has 0 radical (unpaired) electrons. The summed E-state index contributed by atoms with van der Waals surface area (Å²) in [7, 11) is 0. The summed E-state index contributed by atoms with van der Waals surface area (Å²) >= 11 is 2.85. The molecule has 1 N–H and O–H groups in total. The fraction of sp³-hybridized carbons (Fsp3) is 0.333. The number of thioether (sulfide) groups is 1. The molecule has 0 saturated carbocycles. The highest BCUT2D eigenvalue weighted by Crippen LogP contribution is 2.29. The van der Waals surface area contributed by atoms with Crippen LogP contribution >= 0.6 is 23.1 Å². The van der Waals surface area contributed by atoms with Gasteiger partial charge in [-0.2, -0.15) is 0 Å². The molecule has 1 aliphatic heterocycles. The monoisotopic (exact) mass is 497 g/mol. The van der Waals surface area contributed by atoms with Crippen LogP contribution in [0.2, 0.25) is 0 Å². The number of piperazine rings is 1. The molecule has 4 rings (SSSR count). The molecule has 1 aromatic heterocycles. The second-order valence-electron chi connectivity index (χ2n) is 7.67. The summed E-state index contributed by atoms with van der Waals surface area (Å²) in [6, 6.07) is 17.1. The Morgan fingerprint density at radius 3 is 2.47 bits per heavy atom. The van der Waals surface area contributed by atoms with Crippen molar-refractivity contribution < 1.29 is 14.3 Å². The average Bonchev–Trinajstić information content (AvgIpc) is 3.34. The van der Waals surface area contributed by atoms with E-state index in [1.54, 1.807) is 0 Å². The summed E-state index contributed by atoms with van der Waals surface area (Å²) in [6.45, 7) is 5.30. The van der Waals surface area contributed by atoms with E-state index in [-0.39, 0.29) is 17.6 Å². The number of amides is 2. The summed E-state index contributed by atoms with van der Waals surface area (Å²) in [6.07, 6.45) is 0.386. The van der Waals surface area contributed by atoms with Gasteiger partial charge in [-0.25, -0.2) is 0 Å². The number of hydrogen-bond acceptors (Lipinski definition) is 8. The fourth-order valence-electron chi connectivity index (χ4n) is 3.54. The number of aromatic nitrogens is 2. The van der Waals surface area contributed by atoms with Gasteiger partial charge in [-0.05, 0) is 36.8 Å². The van der Waals surface area contributed by atoms with Gasteiger partial charge in [0.2, 0.25) is 16.9 Å². The van der Waals surface area contributed by atoms with Crippen LogP contribution in [0.1, 0.15) is 12.5 Å². The van der Waals surface area contributed by atoms with Gasteiger partial charge in [-0.1, -0.05) is 53.4 Å². The second kappa shape index (κ2) is 11.8. The molecule has 0 atom stereocenters. The van der Waals surface area contributed by atoms with Gasteiger partial charge in [-0.3, -0.25) is 9.59 Å². The number of benzene rings is 2. The maximum absolute atomic E-state index is 12.7. The largest absolute Gasteiger partial charge is 0.494 e. The van der Waals surface area contributed by atoms with Crippen molar-refractivity contribution in [3.63, 3.8) is 0 Å². The maximum Gasteiger partial charge on any atom is 0.234 e. The second-order valence-corrected chi connectivity index (χ2v) is 9.85. The number of carbonyl (C=O) groups is 2. The smallest absolute Gasteiger partial charge is 0.234 e. The Hall–Kier alpha value is -3.11. The molecule has 1 saturated heterocycles. The highest BCUT2D eigenvalue weighted by atomic mass is 32.2. The molecule has 3 aromatic rings. The minimum atomic E-state index is -0.0763. The number of ether oxygens (including phenoxy) is 1. The van der Waals surface area contributed by atoms with Crippen molar-refractivity contribution >= 4 is 45.7 Å². The number of nitrogens with zero attached hydrogens (tertiary/aromatic N) is 4. The molecule has 0 unspecified atom stereocenters. The van der Waals surface area contributed by atoms with E-state index in [1.165, 1.54) is 23.1 Å². The van der Waals surface area contributed by atoms with Crippen LogP contribution in [-0.4, -0.2) is 65.5 Å². The van der Waals surface area contributed by atoms with Crippen LogP contribution in [0.15, 0.2) is 58.9 Å². The topological polar surface area (TPSA) is 87.7 Å². The minimum Gasteiger partial charge on any atom is -0.494 e. The van der Waals surface area contributed by atoms with Gasteiger partial charge in [0.15, 0.2) is 4.34 Å². The third-order valence-corrected chi connectivity index (χ3v) is 7.39. The first-order valence-corrected chi connectivity index (χ1v) is 13.0. The molecule has 0 aliphatic carbocycles. The van der Waals surface area contributed by atoms with Crippen molar-refractivity contribution in [2.24, 2.45) is 0 Å². The van der Waals surface area contributed by atoms with Crippen molar-refractivity contribution in [2.75, 3.05) is 48.8 Å². The summed E-state index contributed by atoms with van der Waals surface area (Å²) in [4.78, 5) is 28.9. The predicted molar refractivity (Wildman–Crippen MR) is 136 cm³/mol. The molecule has 10 heteroatoms. The first-order valence-electron chi connectivity index (χ1n) is 11.2. The quantitative estimate of drug-likeness (QED) is 0.452. The van der Waals surface area contributed by atoms with E-state index in [9.17, 15) is 9.59 Å². The average molecular weight is 498 g/mol. The van der Waals surface area contributed by atoms with Gasteiger partial charge < -0.3 is 19.9 Å². The summed E-state index contributed by atoms with van der Waals surface area (Å²) in [5, 5.41) is 12.2. The maximum atomic E-state index is 12.7. The number of nitrogens with one attached hydrogen (secondary N) is 1. The van der Waals surface area contributed by atoms with Crippen LogP contribution < -0.4 is 15.0 Å². The van der Waals surface area contributed by atoms with Gasteiger partial charge >= 0.3 is 0 Å². The summed E-state index contributed by atoms with van der Waals surface area (Å²) in [5.74, 6) is 1.14. The van der Waals surface area contributed by atoms with E-state index in [4.69, 9.17) is 4.74 Å². The standard InChI is InChI=1S/C24H27N5O3S2/c1-2-32-20-10-8-18(9-11-20)16-22(31)28-12-14-29(15-13-28)23-26-27-24(34-23)33-17-21(30)25-19-6-4-3-5-7-19/h3-11H,2,12-17H2,1H3,(H,25,30). The van der Waals surface area contributed by atoms with Crippen molar-refractivity contribution in [3.05, 3.63) is 60.2 Å². The Kier molecular flexibility index (Phi) is 8.37. The number of anilines is 2. The Morgan fingerprint density at radius 2 is 1.76 bits per heavy atom. The predicted octanol–water partition coefficient (Wildman–Crippen LogP) is 3.56. The molecule has 0 bridgehead atoms. The number of hydrogen-bond donors (Lipinski definition) is 1. The highest BCUT2D eigenvalue weighted by molar-refractivity contribution is 8.01. The lowest BCUT2D eigenvalue weighted by Gasteiger charge is -2.34. The van der Waals surface area contributed by atoms with Gasteiger partial charge in [0.1, 0.15) is 5.75 Å². The van der Waals surface area contributed by atoms with E-state index < -0.39 is 0 Å². The summed E-state index contributed by atoms with van der Waals surface area (Å²) < 4.78 is 6.21. The van der Waals surface area contributed by atoms with Gasteiger partial charge in [-0.15, -0.1) is 10.2 Å². The normalized spacial score (nSPS) is 13.6. The van der Waals surface area contributed by atoms with Crippen LogP contribution in [0, 0.1) is 0 Å². The molecule has 2 heterocycles. The van der Waals surface area contributed by atoms with Gasteiger partial charge in [0, 0.05) is 31.9 Å². The van der Waals surface area contributed by atoms with Crippen LogP contribution in [0.5, 0.6) is 5.75 Å². The fourth-order valence-corrected chi connectivity index (χ4v) is 5.23. The first-order chi connectivity index (χ1) is 16.6. The highest BCUT2D eigenvalue weighted by Gasteiger charge is 2.23. The molecule has 2 aromatic carbocycles. The molecule has 0 spiro atoms. The third kappa shape index (κ3) is 6.71. The number of rotatable bonds is 9. The van der Waals surface area contributed by atoms with Crippen LogP contribution in [-0.2, 0) is 16.0 Å². The lowest BCUT2D eigenvalue weighted by atomic mass is 10.1. The lowest BCUT2D eigenvalue weighted by molar-refractivity contribution is -0.130. The third-order valence-electron chi connectivity index (χ3n) is 5.27. The van der Waals surface area contributed by atoms with E-state index in [0.717, 1.165) is 26.5 Å². The molecular weight excluding hydrogens is 470 g/mol. The van der Waals surface area contributed by atoms with Crippen LogP contribution in [0.4, 0.5) is 10.8 Å². The first kappa shape index (κ1) is 24.0. The Morgan fingerprint density at radius 1 is 1.03 bits per heavy atom. The van der Waals surface area contributed by atoms with Crippen LogP contribution in [0.25, 0.3) is 0 Å². The number of carbonyl (C=O) groups excluding carboxylic acids is 2. The van der Waals surface area contributed by atoms with E-state index >= 15 is 0 Å². The van der Waals surface area contributed by atoms with Crippen molar-refractivity contribution in [3.8, 4) is 5.75 Å². The van der Waals surface area contributed by atoms with Crippen molar-refractivity contribution in [2.45, 2.75) is 17.7 Å². The zero-order chi connectivity index (χ0) is 23.8. The Labute approximate surface area is 207 Å². The molecule has 34 heavy (non-hydrogen) atoms. The minimum absolute atomic E-state index is 0.0763. The molecule has 8 nitrogen and oxygen atoms in total. The molecule has 178 valence electrons. The summed E-state index contributed by atoms with van der Waals surface area (Å²) in [5.41, 5.74) is 1.76. The van der Waals surface area contributed by atoms with E-state index in [2.05, 4.69) is 20.4 Å². The van der Waals surface area contributed by atoms with Gasteiger partial charge in [0.25, 0.3) is 0 Å². The Bertz CT molecular complexity index is 1080. The zero-order valence-electron chi connectivity index (χ0n) is 19.0. The molecule has 1 fully saturated rings. The van der Waals surface area contributed by atoms with Crippen molar-refractivity contribution in [1.29, 1.82) is 0 Å². The number of para-hydroxylation sites is 1. The van der Waals surface area contributed by atoms with Crippen LogP contribution in [0.3, 0.4) is 0 Å². The van der Waals surface area contributed by atoms with Gasteiger partial charge in [0.05, 0.1) is 18.8 Å². The molecule has 2 amide bonds. The van der Waals surface area contributed by atoms with E-state index in [1.807, 2.05) is 66.4 Å². The van der Waals surface area contributed by atoms with Crippen molar-refractivity contribution in [1.82, 2.24) is 15.1 Å². The zero-order valence-corrected chi connectivity index (χ0v) is 20.6. The molecular formula is C24H27N5O3S2. The molecule has 1 aliphatic rings. The lowest BCUT2D eigenvalue weighted by Crippen LogP contribution is -2.49. The SMILES string of the molecule is CCOc1ccc(CC(=O)N2CCN(c3nnc(SCC(=O)Nc4ccccc4)s3)CC2)cc1. The van der Waals surface area contributed by atoms with E-state index in [0.29, 0.717) is 39.2 Å².